The number of benzene rings is 1. The Hall–Kier alpha value is -2.51. The van der Waals surface area contributed by atoms with Gasteiger partial charge < -0.3 is 14.2 Å². The van der Waals surface area contributed by atoms with E-state index in [0.717, 1.165) is 13.2 Å². The maximum atomic E-state index is 12.4. The first kappa shape index (κ1) is 14.9. The van der Waals surface area contributed by atoms with Crippen LogP contribution in [-0.2, 0) is 4.74 Å². The van der Waals surface area contributed by atoms with Crippen LogP contribution in [-0.4, -0.2) is 31.5 Å². The molecule has 0 aliphatic rings. The second kappa shape index (κ2) is 5.47. The summed E-state index contributed by atoms with van der Waals surface area (Å²) in [6.45, 7) is 0. The number of hydrogen-bond donors (Lipinski definition) is 0. The van der Waals surface area contributed by atoms with Gasteiger partial charge in [-0.2, -0.15) is 0 Å². The van der Waals surface area contributed by atoms with Gasteiger partial charge in [0.05, 0.1) is 14.2 Å². The Labute approximate surface area is 117 Å². The van der Waals surface area contributed by atoms with Crippen molar-refractivity contribution >= 4 is 16.9 Å². The van der Waals surface area contributed by atoms with Crippen LogP contribution in [0.2, 0.25) is 0 Å². The molecule has 1 aromatic carbocycles. The van der Waals surface area contributed by atoms with Crippen molar-refractivity contribution in [1.82, 2.24) is 4.98 Å². The lowest BCUT2D eigenvalue weighted by atomic mass is 10.1. The van der Waals surface area contributed by atoms with E-state index < -0.39 is 18.1 Å². The fourth-order valence-corrected chi connectivity index (χ4v) is 1.78. The van der Waals surface area contributed by atoms with Gasteiger partial charge in [0.25, 0.3) is 0 Å². The van der Waals surface area contributed by atoms with Crippen LogP contribution in [0.15, 0.2) is 24.3 Å². The molecule has 1 heterocycles. The molecule has 2 aromatic rings. The molecule has 0 atom stereocenters. The van der Waals surface area contributed by atoms with E-state index in [1.807, 2.05) is 0 Å². The smallest absolute Gasteiger partial charge is 0.496 e. The molecule has 2 rings (SSSR count). The predicted molar refractivity (Wildman–Crippen MR) is 66.3 cm³/mol. The van der Waals surface area contributed by atoms with Gasteiger partial charge in [-0.05, 0) is 12.1 Å². The van der Waals surface area contributed by atoms with Crippen LogP contribution in [0.5, 0.6) is 11.5 Å². The Morgan fingerprint density at radius 1 is 1.19 bits per heavy atom. The van der Waals surface area contributed by atoms with Crippen molar-refractivity contribution in [2.45, 2.75) is 6.36 Å². The summed E-state index contributed by atoms with van der Waals surface area (Å²) < 4.78 is 50.7. The summed E-state index contributed by atoms with van der Waals surface area (Å²) in [5, 5.41) is 0.284. The van der Waals surface area contributed by atoms with E-state index in [1.54, 1.807) is 0 Å². The van der Waals surface area contributed by atoms with Gasteiger partial charge in [0.15, 0.2) is 11.4 Å². The highest BCUT2D eigenvalue weighted by Crippen LogP contribution is 2.34. The fourth-order valence-electron chi connectivity index (χ4n) is 1.78. The third kappa shape index (κ3) is 3.15. The van der Waals surface area contributed by atoms with Gasteiger partial charge in [0, 0.05) is 11.5 Å². The molecule has 1 aromatic heterocycles. The summed E-state index contributed by atoms with van der Waals surface area (Å²) in [7, 11) is 2.46. The zero-order valence-electron chi connectivity index (χ0n) is 11.0. The van der Waals surface area contributed by atoms with Crippen molar-refractivity contribution in [2.24, 2.45) is 0 Å². The van der Waals surface area contributed by atoms with Crippen LogP contribution in [0.25, 0.3) is 10.9 Å². The van der Waals surface area contributed by atoms with Crippen molar-refractivity contribution in [3.63, 3.8) is 0 Å². The number of fused-ring (bicyclic) bond motifs is 1. The van der Waals surface area contributed by atoms with E-state index in [1.165, 1.54) is 25.3 Å². The Kier molecular flexibility index (Phi) is 3.88. The van der Waals surface area contributed by atoms with Gasteiger partial charge in [-0.15, -0.1) is 13.2 Å². The number of carbonyl (C=O) groups excluding carboxylic acids is 1. The summed E-state index contributed by atoms with van der Waals surface area (Å²) in [5.41, 5.74) is -0.324. The van der Waals surface area contributed by atoms with Gasteiger partial charge >= 0.3 is 12.3 Å². The third-order valence-corrected chi connectivity index (χ3v) is 2.60. The molecular weight excluding hydrogens is 291 g/mol. The molecular formula is C13H10F3NO4. The highest BCUT2D eigenvalue weighted by Gasteiger charge is 2.32. The minimum Gasteiger partial charge on any atom is -0.496 e. The topological polar surface area (TPSA) is 57.7 Å². The second-order valence-electron chi connectivity index (χ2n) is 3.90. The average molecular weight is 301 g/mol. The van der Waals surface area contributed by atoms with E-state index >= 15 is 0 Å². The summed E-state index contributed by atoms with van der Waals surface area (Å²) in [4.78, 5) is 15.4. The van der Waals surface area contributed by atoms with Crippen LogP contribution in [0.4, 0.5) is 13.2 Å². The number of carbonyl (C=O) groups is 1. The molecule has 0 saturated heterocycles. The first-order valence-corrected chi connectivity index (χ1v) is 5.67. The molecule has 5 nitrogen and oxygen atoms in total. The standard InChI is InChI=1S/C13H10F3NO4/c1-19-10-6-8(12(18)20-2)17-11-7(10)4-3-5-9(11)21-13(14,15)16/h3-6H,1-2H3. The summed E-state index contributed by atoms with van der Waals surface area (Å²) in [6, 6.07) is 5.26. The Bertz CT molecular complexity index is 685. The third-order valence-electron chi connectivity index (χ3n) is 2.60. The molecule has 0 radical (unpaired) electrons. The van der Waals surface area contributed by atoms with Crippen LogP contribution < -0.4 is 9.47 Å². The van der Waals surface area contributed by atoms with Gasteiger partial charge in [0.1, 0.15) is 11.3 Å². The lowest BCUT2D eigenvalue weighted by Crippen LogP contribution is -2.17. The highest BCUT2D eigenvalue weighted by molar-refractivity contribution is 5.96. The summed E-state index contributed by atoms with van der Waals surface area (Å²) in [5.74, 6) is -1.13. The van der Waals surface area contributed by atoms with E-state index in [2.05, 4.69) is 14.5 Å². The van der Waals surface area contributed by atoms with Gasteiger partial charge in [-0.25, -0.2) is 9.78 Å². The lowest BCUT2D eigenvalue weighted by molar-refractivity contribution is -0.274. The van der Waals surface area contributed by atoms with Crippen molar-refractivity contribution in [1.29, 1.82) is 0 Å². The van der Waals surface area contributed by atoms with Crippen molar-refractivity contribution in [3.8, 4) is 11.5 Å². The highest BCUT2D eigenvalue weighted by atomic mass is 19.4. The minimum atomic E-state index is -4.87. The van der Waals surface area contributed by atoms with Crippen LogP contribution in [0.1, 0.15) is 10.5 Å². The molecule has 0 aliphatic carbocycles. The zero-order chi connectivity index (χ0) is 15.6. The minimum absolute atomic E-state index is 0.144. The number of rotatable bonds is 3. The quantitative estimate of drug-likeness (QED) is 0.816. The normalized spacial score (nSPS) is 11.3. The molecule has 0 aliphatic heterocycles. The average Bonchev–Trinajstić information content (AvgIpc) is 2.44. The molecule has 21 heavy (non-hydrogen) atoms. The molecule has 0 saturated carbocycles. The first-order valence-electron chi connectivity index (χ1n) is 5.67. The lowest BCUT2D eigenvalue weighted by Gasteiger charge is -2.13. The number of aromatic nitrogens is 1. The summed E-state index contributed by atoms with van der Waals surface area (Å²) >= 11 is 0. The number of hydrogen-bond acceptors (Lipinski definition) is 5. The van der Waals surface area contributed by atoms with Gasteiger partial charge in [0.2, 0.25) is 0 Å². The van der Waals surface area contributed by atoms with Crippen molar-refractivity contribution < 1.29 is 32.2 Å². The predicted octanol–water partition coefficient (Wildman–Crippen LogP) is 2.93. The Morgan fingerprint density at radius 2 is 1.90 bits per heavy atom. The number of methoxy groups -OCH3 is 2. The largest absolute Gasteiger partial charge is 0.573 e. The maximum absolute atomic E-state index is 12.4. The van der Waals surface area contributed by atoms with Crippen LogP contribution in [0.3, 0.4) is 0 Å². The molecule has 0 fully saturated rings. The Balaban J connectivity index is 2.69. The first-order chi connectivity index (χ1) is 9.85. The van der Waals surface area contributed by atoms with E-state index in [4.69, 9.17) is 4.74 Å². The number of halogens is 3. The SMILES string of the molecule is COC(=O)c1cc(OC)c2cccc(OC(F)(F)F)c2n1. The van der Waals surface area contributed by atoms with Gasteiger partial charge in [-0.1, -0.05) is 6.07 Å². The van der Waals surface area contributed by atoms with Crippen molar-refractivity contribution in [2.75, 3.05) is 14.2 Å². The molecule has 8 heteroatoms. The summed E-state index contributed by atoms with van der Waals surface area (Å²) in [6.07, 6.45) is -4.87. The molecule has 0 bridgehead atoms. The second-order valence-corrected chi connectivity index (χ2v) is 3.90. The number of esters is 1. The van der Waals surface area contributed by atoms with E-state index in [9.17, 15) is 18.0 Å². The number of ether oxygens (including phenoxy) is 3. The number of alkyl halides is 3. The number of para-hydroxylation sites is 1. The zero-order valence-corrected chi connectivity index (χ0v) is 11.0. The molecule has 112 valence electrons. The molecule has 0 unspecified atom stereocenters. The number of pyridine rings is 1. The van der Waals surface area contributed by atoms with Crippen LogP contribution >= 0.6 is 0 Å². The van der Waals surface area contributed by atoms with E-state index in [-0.39, 0.29) is 22.3 Å². The van der Waals surface area contributed by atoms with Gasteiger partial charge in [-0.3, -0.25) is 0 Å². The Morgan fingerprint density at radius 3 is 2.48 bits per heavy atom. The monoisotopic (exact) mass is 301 g/mol. The fraction of sp³-hybridized carbons (Fsp3) is 0.231. The molecule has 0 amide bonds. The van der Waals surface area contributed by atoms with Crippen LogP contribution in [0, 0.1) is 0 Å². The van der Waals surface area contributed by atoms with E-state index in [0.29, 0.717) is 0 Å². The molecule has 0 N–H and O–H groups in total. The van der Waals surface area contributed by atoms with Crippen molar-refractivity contribution in [3.05, 3.63) is 30.0 Å². The number of nitrogens with zero attached hydrogens (tertiary/aromatic N) is 1. The maximum Gasteiger partial charge on any atom is 0.573 e. The molecule has 0 spiro atoms.